The molecule has 44 valence electrons. The lowest BCUT2D eigenvalue weighted by Gasteiger charge is -1.99. The van der Waals surface area contributed by atoms with Gasteiger partial charge in [-0.1, -0.05) is 11.2 Å². The van der Waals surface area contributed by atoms with E-state index in [0.29, 0.717) is 0 Å². The van der Waals surface area contributed by atoms with Crippen LogP contribution in [0.5, 0.6) is 0 Å². The minimum atomic E-state index is -2.63. The lowest BCUT2D eigenvalue weighted by molar-refractivity contribution is 0.584. The summed E-state index contributed by atoms with van der Waals surface area (Å²) in [6, 6.07) is 0. The molecule has 0 aliphatic carbocycles. The van der Waals surface area contributed by atoms with Gasteiger partial charge in [-0.25, -0.2) is 0 Å². The summed E-state index contributed by atoms with van der Waals surface area (Å²) >= 11 is 5.21. The largest absolute Gasteiger partial charge is 0.323 e. The molecule has 0 rings (SSSR count). The molecule has 0 aromatic heterocycles. The van der Waals surface area contributed by atoms with E-state index in [-0.39, 0.29) is 12.6 Å². The number of hydrogen-bond acceptors (Lipinski definition) is 3. The third-order valence-corrected chi connectivity index (χ3v) is 2.46. The molecule has 0 unspecified atom stereocenters. The van der Waals surface area contributed by atoms with Crippen molar-refractivity contribution in [3.05, 3.63) is 0 Å². The second-order valence-electron chi connectivity index (χ2n) is 1.16. The second kappa shape index (κ2) is 2.68. The predicted molar refractivity (Wildman–Crippen MR) is 31.6 cm³/mol. The van der Waals surface area contributed by atoms with Crippen LogP contribution in [0.25, 0.3) is 0 Å². The van der Waals surface area contributed by atoms with Gasteiger partial charge in [-0.15, -0.1) is 0 Å². The van der Waals surface area contributed by atoms with Gasteiger partial charge >= 0.3 is 0 Å². The second-order valence-corrected chi connectivity index (χ2v) is 5.31. The third-order valence-electron chi connectivity index (χ3n) is 0.545. The number of rotatable bonds is 2. The van der Waals surface area contributed by atoms with Crippen LogP contribution in [-0.2, 0) is 4.57 Å². The first-order chi connectivity index (χ1) is 3.12. The zero-order chi connectivity index (χ0) is 5.91. The molecule has 3 nitrogen and oxygen atoms in total. The Balaban J connectivity index is 3.61. The summed E-state index contributed by atoms with van der Waals surface area (Å²) in [7, 11) is 0. The summed E-state index contributed by atoms with van der Waals surface area (Å²) in [4.78, 5) is 0. The van der Waals surface area contributed by atoms with Gasteiger partial charge in [0.15, 0.2) is 6.49 Å². The highest BCUT2D eigenvalue weighted by Crippen LogP contribution is 2.46. The monoisotopic (exact) mass is 142 g/mol. The SMILES string of the molecule is NCP(=O)(Cl)CN. The summed E-state index contributed by atoms with van der Waals surface area (Å²) in [6.45, 7) is -2.63. The molecule has 0 bridgehead atoms. The molecule has 0 radical (unpaired) electrons. The van der Waals surface area contributed by atoms with Crippen LogP contribution in [0.4, 0.5) is 0 Å². The van der Waals surface area contributed by atoms with Crippen LogP contribution in [0.2, 0.25) is 0 Å². The van der Waals surface area contributed by atoms with Crippen molar-refractivity contribution >= 4 is 17.7 Å². The Morgan fingerprint density at radius 1 is 1.43 bits per heavy atom. The molecular formula is C2H8ClN2OP. The van der Waals surface area contributed by atoms with Gasteiger partial charge in [0.05, 0.1) is 12.6 Å². The van der Waals surface area contributed by atoms with Crippen molar-refractivity contribution in [2.75, 3.05) is 12.6 Å². The normalized spacial score (nSPS) is 11.9. The Morgan fingerprint density at radius 3 is 1.71 bits per heavy atom. The van der Waals surface area contributed by atoms with E-state index in [1.54, 1.807) is 0 Å². The summed E-state index contributed by atoms with van der Waals surface area (Å²) in [6.07, 6.45) is -0.0177. The van der Waals surface area contributed by atoms with Gasteiger partial charge in [0, 0.05) is 0 Å². The van der Waals surface area contributed by atoms with E-state index in [4.69, 9.17) is 22.7 Å². The first kappa shape index (κ1) is 7.44. The van der Waals surface area contributed by atoms with Gasteiger partial charge in [-0.3, -0.25) is 0 Å². The first-order valence-corrected chi connectivity index (χ1v) is 4.78. The van der Waals surface area contributed by atoms with Crippen molar-refractivity contribution in [2.45, 2.75) is 0 Å². The summed E-state index contributed by atoms with van der Waals surface area (Å²) in [5.74, 6) is 0. The number of hydrogen-bond donors (Lipinski definition) is 2. The van der Waals surface area contributed by atoms with E-state index in [1.807, 2.05) is 0 Å². The highest BCUT2D eigenvalue weighted by Gasteiger charge is 2.10. The molecular weight excluding hydrogens is 134 g/mol. The van der Waals surface area contributed by atoms with Crippen LogP contribution in [0.3, 0.4) is 0 Å². The first-order valence-electron chi connectivity index (χ1n) is 1.80. The topological polar surface area (TPSA) is 69.1 Å². The lowest BCUT2D eigenvalue weighted by Crippen LogP contribution is -2.05. The van der Waals surface area contributed by atoms with Crippen LogP contribution in [0.1, 0.15) is 0 Å². The Morgan fingerprint density at radius 2 is 1.71 bits per heavy atom. The van der Waals surface area contributed by atoms with Crippen molar-refractivity contribution in [3.8, 4) is 0 Å². The molecule has 0 spiro atoms. The molecule has 0 amide bonds. The predicted octanol–water partition coefficient (Wildman–Crippen LogP) is 0.336. The van der Waals surface area contributed by atoms with Gasteiger partial charge in [0.25, 0.3) is 0 Å². The number of halogens is 1. The van der Waals surface area contributed by atoms with E-state index in [9.17, 15) is 4.57 Å². The maximum atomic E-state index is 10.5. The Kier molecular flexibility index (Phi) is 2.84. The highest BCUT2D eigenvalue weighted by atomic mass is 35.7. The average molecular weight is 143 g/mol. The minimum Gasteiger partial charge on any atom is -0.323 e. The van der Waals surface area contributed by atoms with Crippen LogP contribution in [-0.4, -0.2) is 12.6 Å². The summed E-state index contributed by atoms with van der Waals surface area (Å²) < 4.78 is 10.5. The zero-order valence-electron chi connectivity index (χ0n) is 3.80. The molecule has 0 saturated heterocycles. The van der Waals surface area contributed by atoms with E-state index in [1.165, 1.54) is 0 Å². The molecule has 0 fully saturated rings. The van der Waals surface area contributed by atoms with E-state index < -0.39 is 6.49 Å². The minimum absolute atomic E-state index is 0.00887. The van der Waals surface area contributed by atoms with Gasteiger partial charge in [0.1, 0.15) is 0 Å². The number of nitrogens with two attached hydrogens (primary N) is 2. The van der Waals surface area contributed by atoms with Crippen LogP contribution < -0.4 is 11.5 Å². The highest BCUT2D eigenvalue weighted by molar-refractivity contribution is 7.89. The van der Waals surface area contributed by atoms with Gasteiger partial charge in [-0.2, -0.15) is 0 Å². The fourth-order valence-corrected chi connectivity index (χ4v) is 0.224. The Hall–Kier alpha value is 0.440. The van der Waals surface area contributed by atoms with Crippen LogP contribution >= 0.6 is 17.7 Å². The molecule has 0 aliphatic heterocycles. The maximum Gasteiger partial charge on any atom is 0.195 e. The molecule has 0 atom stereocenters. The standard InChI is InChI=1S/C2H8ClN2OP/c3-7(6,1-4)2-5/h1-2,4-5H2. The molecule has 0 saturated carbocycles. The van der Waals surface area contributed by atoms with E-state index in [2.05, 4.69) is 0 Å². The van der Waals surface area contributed by atoms with Crippen molar-refractivity contribution in [1.29, 1.82) is 0 Å². The summed E-state index contributed by atoms with van der Waals surface area (Å²) in [5, 5.41) is 0. The molecule has 0 aromatic carbocycles. The molecule has 0 aliphatic rings. The van der Waals surface area contributed by atoms with Crippen LogP contribution in [0.15, 0.2) is 0 Å². The smallest absolute Gasteiger partial charge is 0.195 e. The lowest BCUT2D eigenvalue weighted by atomic mass is 11.5. The summed E-state index contributed by atoms with van der Waals surface area (Å²) in [5.41, 5.74) is 9.88. The third kappa shape index (κ3) is 3.06. The Bertz CT molecular complexity index is 87.7. The molecule has 0 aromatic rings. The zero-order valence-corrected chi connectivity index (χ0v) is 5.45. The van der Waals surface area contributed by atoms with Crippen molar-refractivity contribution in [3.63, 3.8) is 0 Å². The molecule has 7 heavy (non-hydrogen) atoms. The van der Waals surface area contributed by atoms with Gasteiger partial charge in [0.2, 0.25) is 0 Å². The van der Waals surface area contributed by atoms with Gasteiger partial charge < -0.3 is 16.0 Å². The van der Waals surface area contributed by atoms with Gasteiger partial charge in [-0.05, 0) is 0 Å². The van der Waals surface area contributed by atoms with Crippen molar-refractivity contribution < 1.29 is 4.57 Å². The van der Waals surface area contributed by atoms with Crippen molar-refractivity contribution in [1.82, 2.24) is 0 Å². The molecule has 4 N–H and O–H groups in total. The fourth-order valence-electron chi connectivity index (χ4n) is 0.0745. The van der Waals surface area contributed by atoms with E-state index in [0.717, 1.165) is 0 Å². The maximum absolute atomic E-state index is 10.5. The Labute approximate surface area is 47.2 Å². The van der Waals surface area contributed by atoms with Crippen molar-refractivity contribution in [2.24, 2.45) is 11.5 Å². The fraction of sp³-hybridized carbons (Fsp3) is 1.00. The quantitative estimate of drug-likeness (QED) is 0.546. The van der Waals surface area contributed by atoms with E-state index >= 15 is 0 Å². The molecule has 0 heterocycles. The molecule has 5 heteroatoms. The average Bonchev–Trinajstić information content (AvgIpc) is 1.68. The van der Waals surface area contributed by atoms with Crippen LogP contribution in [0, 0.1) is 0 Å².